The first kappa shape index (κ1) is 9.80. The van der Waals surface area contributed by atoms with E-state index < -0.39 is 0 Å². The smallest absolute Gasteiger partial charge is 0.118 e. The predicted octanol–water partition coefficient (Wildman–Crippen LogP) is 2.18. The van der Waals surface area contributed by atoms with Gasteiger partial charge in [-0.2, -0.15) is 0 Å². The van der Waals surface area contributed by atoms with Crippen LogP contribution >= 0.6 is 22.9 Å². The zero-order valence-corrected chi connectivity index (χ0v) is 9.17. The Hall–Kier alpha value is -0.290. The van der Waals surface area contributed by atoms with E-state index in [1.807, 2.05) is 12.1 Å². The van der Waals surface area contributed by atoms with Gasteiger partial charge in [-0.1, -0.05) is 12.1 Å². The molecule has 0 atom stereocenters. The van der Waals surface area contributed by atoms with Crippen LogP contribution in [0.5, 0.6) is 5.75 Å². The molecule has 0 bridgehead atoms. The Kier molecular flexibility index (Phi) is 4.39. The predicted molar refractivity (Wildman–Crippen MR) is 58.7 cm³/mol. The molecule has 1 rings (SSSR count). The summed E-state index contributed by atoms with van der Waals surface area (Å²) in [4.78, 5) is 0. The fourth-order valence-electron chi connectivity index (χ4n) is 0.984. The van der Waals surface area contributed by atoms with E-state index >= 15 is 0 Å². The SMILES string of the molecule is COc1ccc(CCNI)cc1. The first-order valence-electron chi connectivity index (χ1n) is 3.83. The van der Waals surface area contributed by atoms with Crippen molar-refractivity contribution in [2.75, 3.05) is 13.7 Å². The number of nitrogens with one attached hydrogen (secondary N) is 1. The van der Waals surface area contributed by atoms with Gasteiger partial charge in [-0.05, 0) is 24.1 Å². The molecule has 0 radical (unpaired) electrons. The molecule has 0 saturated carbocycles. The van der Waals surface area contributed by atoms with Crippen LogP contribution < -0.4 is 8.27 Å². The number of halogens is 1. The summed E-state index contributed by atoms with van der Waals surface area (Å²) in [5, 5.41) is 0. The third-order valence-corrected chi connectivity index (χ3v) is 2.21. The van der Waals surface area contributed by atoms with Gasteiger partial charge in [0.1, 0.15) is 5.75 Å². The van der Waals surface area contributed by atoms with Gasteiger partial charge in [0.2, 0.25) is 0 Å². The van der Waals surface area contributed by atoms with Gasteiger partial charge in [0.25, 0.3) is 0 Å². The fourth-order valence-corrected chi connectivity index (χ4v) is 1.25. The van der Waals surface area contributed by atoms with Gasteiger partial charge in [-0.25, -0.2) is 0 Å². The molecular formula is C9H12INO. The van der Waals surface area contributed by atoms with Crippen molar-refractivity contribution in [1.82, 2.24) is 3.53 Å². The van der Waals surface area contributed by atoms with Crippen LogP contribution in [0.1, 0.15) is 5.56 Å². The minimum Gasteiger partial charge on any atom is -0.497 e. The summed E-state index contributed by atoms with van der Waals surface area (Å²) in [6, 6.07) is 8.16. The molecule has 0 unspecified atom stereocenters. The van der Waals surface area contributed by atoms with Crippen molar-refractivity contribution in [3.63, 3.8) is 0 Å². The van der Waals surface area contributed by atoms with Crippen LogP contribution in [-0.4, -0.2) is 13.7 Å². The summed E-state index contributed by atoms with van der Waals surface area (Å²) in [5.74, 6) is 0.918. The molecule has 0 aliphatic carbocycles. The zero-order chi connectivity index (χ0) is 8.81. The van der Waals surface area contributed by atoms with Crippen LogP contribution in [0.2, 0.25) is 0 Å². The van der Waals surface area contributed by atoms with Crippen molar-refractivity contribution >= 4 is 22.9 Å². The number of rotatable bonds is 4. The number of methoxy groups -OCH3 is 1. The second kappa shape index (κ2) is 5.37. The standard InChI is InChI=1S/C9H12INO/c1-12-9-4-2-8(3-5-9)6-7-11-10/h2-5,11H,6-7H2,1H3. The minimum atomic E-state index is 0.918. The molecule has 0 fully saturated rings. The fraction of sp³-hybridized carbons (Fsp3) is 0.333. The van der Waals surface area contributed by atoms with Gasteiger partial charge < -0.3 is 4.74 Å². The lowest BCUT2D eigenvalue weighted by Crippen LogP contribution is -2.03. The third-order valence-electron chi connectivity index (χ3n) is 1.67. The summed E-state index contributed by atoms with van der Waals surface area (Å²) in [5.41, 5.74) is 1.33. The molecular weight excluding hydrogens is 265 g/mol. The molecule has 0 aromatic heterocycles. The number of hydrogen-bond acceptors (Lipinski definition) is 2. The van der Waals surface area contributed by atoms with Gasteiger partial charge in [-0.15, -0.1) is 0 Å². The molecule has 0 spiro atoms. The molecule has 0 aliphatic heterocycles. The van der Waals surface area contributed by atoms with Gasteiger partial charge in [0, 0.05) is 29.4 Å². The minimum absolute atomic E-state index is 0.918. The maximum Gasteiger partial charge on any atom is 0.118 e. The maximum atomic E-state index is 5.06. The lowest BCUT2D eigenvalue weighted by Gasteiger charge is -2.01. The first-order valence-corrected chi connectivity index (χ1v) is 4.91. The monoisotopic (exact) mass is 277 g/mol. The molecule has 1 aromatic carbocycles. The second-order valence-corrected chi connectivity index (χ2v) is 3.24. The van der Waals surface area contributed by atoms with Crippen molar-refractivity contribution in [2.24, 2.45) is 0 Å². The summed E-state index contributed by atoms with van der Waals surface area (Å²) in [7, 11) is 1.68. The van der Waals surface area contributed by atoms with Gasteiger partial charge in [0.05, 0.1) is 7.11 Å². The highest BCUT2D eigenvalue weighted by molar-refractivity contribution is 14.1. The van der Waals surface area contributed by atoms with Gasteiger partial charge in [-0.3, -0.25) is 3.53 Å². The summed E-state index contributed by atoms with van der Waals surface area (Å²) < 4.78 is 8.14. The molecule has 0 heterocycles. The Bertz CT molecular complexity index is 222. The van der Waals surface area contributed by atoms with Crippen molar-refractivity contribution in [3.05, 3.63) is 29.8 Å². The van der Waals surface area contributed by atoms with E-state index in [1.165, 1.54) is 5.56 Å². The Morgan fingerprint density at radius 3 is 2.50 bits per heavy atom. The Morgan fingerprint density at radius 1 is 1.33 bits per heavy atom. The van der Waals surface area contributed by atoms with Gasteiger partial charge in [0.15, 0.2) is 0 Å². The van der Waals surface area contributed by atoms with E-state index in [0.717, 1.165) is 18.7 Å². The van der Waals surface area contributed by atoms with Crippen molar-refractivity contribution < 1.29 is 4.74 Å². The van der Waals surface area contributed by atoms with Crippen molar-refractivity contribution in [3.8, 4) is 5.75 Å². The van der Waals surface area contributed by atoms with Crippen LogP contribution in [-0.2, 0) is 6.42 Å². The highest BCUT2D eigenvalue weighted by atomic mass is 127. The van der Waals surface area contributed by atoms with Crippen molar-refractivity contribution in [2.45, 2.75) is 6.42 Å². The maximum absolute atomic E-state index is 5.06. The zero-order valence-electron chi connectivity index (χ0n) is 7.01. The normalized spacial score (nSPS) is 9.83. The first-order chi connectivity index (χ1) is 5.86. The highest BCUT2D eigenvalue weighted by Gasteiger charge is 1.92. The van der Waals surface area contributed by atoms with E-state index in [0.29, 0.717) is 0 Å². The molecule has 0 aliphatic rings. The van der Waals surface area contributed by atoms with Crippen LogP contribution in [0.25, 0.3) is 0 Å². The molecule has 66 valence electrons. The van der Waals surface area contributed by atoms with Crippen LogP contribution in [0.3, 0.4) is 0 Å². The summed E-state index contributed by atoms with van der Waals surface area (Å²) in [6.07, 6.45) is 1.06. The summed E-state index contributed by atoms with van der Waals surface area (Å²) in [6.45, 7) is 1.01. The third kappa shape index (κ3) is 2.98. The largest absolute Gasteiger partial charge is 0.497 e. The van der Waals surface area contributed by atoms with E-state index in [4.69, 9.17) is 4.74 Å². The van der Waals surface area contributed by atoms with Crippen LogP contribution in [0, 0.1) is 0 Å². The average molecular weight is 277 g/mol. The molecule has 1 N–H and O–H groups in total. The van der Waals surface area contributed by atoms with E-state index in [2.05, 4.69) is 38.5 Å². The molecule has 1 aromatic rings. The Labute approximate surface area is 86.8 Å². The van der Waals surface area contributed by atoms with Gasteiger partial charge >= 0.3 is 0 Å². The lowest BCUT2D eigenvalue weighted by molar-refractivity contribution is 0.414. The van der Waals surface area contributed by atoms with Crippen molar-refractivity contribution in [1.29, 1.82) is 0 Å². The quantitative estimate of drug-likeness (QED) is 0.672. The second-order valence-electron chi connectivity index (χ2n) is 2.48. The molecule has 0 saturated heterocycles. The number of hydrogen-bond donors (Lipinski definition) is 1. The molecule has 2 nitrogen and oxygen atoms in total. The van der Waals surface area contributed by atoms with Crippen LogP contribution in [0.4, 0.5) is 0 Å². The Morgan fingerprint density at radius 2 is 2.00 bits per heavy atom. The number of benzene rings is 1. The highest BCUT2D eigenvalue weighted by Crippen LogP contribution is 2.11. The lowest BCUT2D eigenvalue weighted by atomic mass is 10.1. The molecule has 0 amide bonds. The van der Waals surface area contributed by atoms with E-state index in [-0.39, 0.29) is 0 Å². The Balaban J connectivity index is 2.53. The summed E-state index contributed by atoms with van der Waals surface area (Å²) >= 11 is 2.15. The van der Waals surface area contributed by atoms with E-state index in [1.54, 1.807) is 7.11 Å². The topological polar surface area (TPSA) is 21.3 Å². The molecule has 3 heteroatoms. The van der Waals surface area contributed by atoms with E-state index in [9.17, 15) is 0 Å². The van der Waals surface area contributed by atoms with Crippen LogP contribution in [0.15, 0.2) is 24.3 Å². The molecule has 12 heavy (non-hydrogen) atoms. The average Bonchev–Trinajstić information content (AvgIpc) is 2.15. The number of ether oxygens (including phenoxy) is 1.